The molecule has 0 spiro atoms. The first-order chi connectivity index (χ1) is 15.7. The Kier molecular flexibility index (Phi) is 8.48. The Morgan fingerprint density at radius 2 is 1.44 bits per heavy atom. The molecule has 7 nitrogen and oxygen atoms in total. The van der Waals surface area contributed by atoms with E-state index in [4.69, 9.17) is 28.4 Å². The molecule has 0 aliphatic carbocycles. The van der Waals surface area contributed by atoms with Gasteiger partial charge in [-0.05, 0) is 35.9 Å². The number of benzene rings is 3. The van der Waals surface area contributed by atoms with Crippen molar-refractivity contribution in [1.29, 1.82) is 0 Å². The Morgan fingerprint density at radius 1 is 0.719 bits per heavy atom. The fourth-order valence-corrected chi connectivity index (χ4v) is 3.03. The highest BCUT2D eigenvalue weighted by molar-refractivity contribution is 5.92. The van der Waals surface area contributed by atoms with Crippen LogP contribution in [-0.4, -0.2) is 40.9 Å². The lowest BCUT2D eigenvalue weighted by atomic mass is 10.0. The zero-order valence-corrected chi connectivity index (χ0v) is 18.3. The molecule has 0 radical (unpaired) electrons. The highest BCUT2D eigenvalue weighted by atomic mass is 16.7. The summed E-state index contributed by atoms with van der Waals surface area (Å²) >= 11 is 0. The second-order valence-corrected chi connectivity index (χ2v) is 6.74. The van der Waals surface area contributed by atoms with Gasteiger partial charge in [0.1, 0.15) is 23.9 Å². The van der Waals surface area contributed by atoms with Crippen molar-refractivity contribution in [2.24, 2.45) is 0 Å². The average Bonchev–Trinajstić information content (AvgIpc) is 2.85. The van der Waals surface area contributed by atoms with E-state index < -0.39 is 5.97 Å². The molecule has 3 rings (SSSR count). The number of carbonyl (C=O) groups excluding carboxylic acids is 1. The van der Waals surface area contributed by atoms with Gasteiger partial charge in [0.15, 0.2) is 13.6 Å². The lowest BCUT2D eigenvalue weighted by molar-refractivity contribution is 0.0498. The van der Waals surface area contributed by atoms with E-state index in [1.54, 1.807) is 31.4 Å². The van der Waals surface area contributed by atoms with E-state index in [1.807, 2.05) is 42.5 Å². The molecule has 32 heavy (non-hydrogen) atoms. The zero-order valence-electron chi connectivity index (χ0n) is 18.3. The predicted octanol–water partition coefficient (Wildman–Crippen LogP) is 4.68. The summed E-state index contributed by atoms with van der Waals surface area (Å²) in [5, 5.41) is 0. The summed E-state index contributed by atoms with van der Waals surface area (Å²) in [6.45, 7) is 0.515. The molecule has 0 aliphatic rings. The van der Waals surface area contributed by atoms with Crippen molar-refractivity contribution in [3.63, 3.8) is 0 Å². The van der Waals surface area contributed by atoms with Crippen LogP contribution < -0.4 is 14.2 Å². The fourth-order valence-electron chi connectivity index (χ4n) is 3.03. The second kappa shape index (κ2) is 11.7. The van der Waals surface area contributed by atoms with Gasteiger partial charge in [0.25, 0.3) is 0 Å². The maximum atomic E-state index is 12.1. The smallest absolute Gasteiger partial charge is 0.337 e. The van der Waals surface area contributed by atoms with E-state index in [2.05, 4.69) is 0 Å². The highest BCUT2D eigenvalue weighted by Gasteiger charge is 2.17. The van der Waals surface area contributed by atoms with Gasteiger partial charge in [-0.1, -0.05) is 30.3 Å². The topological polar surface area (TPSA) is 72.5 Å². The Bertz CT molecular complexity index is 1020. The monoisotopic (exact) mass is 438 g/mol. The molecule has 0 unspecified atom stereocenters. The number of carbonyl (C=O) groups is 1. The molecule has 0 heterocycles. The Morgan fingerprint density at radius 3 is 2.12 bits per heavy atom. The summed E-state index contributed by atoms with van der Waals surface area (Å²) in [5.41, 5.74) is 2.78. The van der Waals surface area contributed by atoms with E-state index in [-0.39, 0.29) is 13.6 Å². The minimum absolute atomic E-state index is 0.0418. The van der Waals surface area contributed by atoms with Crippen LogP contribution in [0, 0.1) is 0 Å². The fraction of sp³-hybridized carbons (Fsp3) is 0.240. The Hall–Kier alpha value is -3.55. The largest absolute Gasteiger partial charge is 0.489 e. The molecule has 0 aliphatic heterocycles. The third kappa shape index (κ3) is 6.00. The molecular formula is C25H26O7. The summed E-state index contributed by atoms with van der Waals surface area (Å²) < 4.78 is 32.4. The zero-order chi connectivity index (χ0) is 22.8. The number of esters is 1. The normalized spacial score (nSPS) is 10.5. The number of rotatable bonds is 11. The van der Waals surface area contributed by atoms with Crippen molar-refractivity contribution in [2.75, 3.05) is 34.9 Å². The SMILES string of the molecule is COCOc1cc(OCc2ccccc2)ccc1-c1cc(C(=O)OC)ccc1OCOC. The van der Waals surface area contributed by atoms with Crippen molar-refractivity contribution in [2.45, 2.75) is 6.61 Å². The van der Waals surface area contributed by atoms with E-state index in [0.29, 0.717) is 40.5 Å². The van der Waals surface area contributed by atoms with Crippen molar-refractivity contribution >= 4 is 5.97 Å². The highest BCUT2D eigenvalue weighted by Crippen LogP contribution is 2.39. The van der Waals surface area contributed by atoms with Gasteiger partial charge >= 0.3 is 5.97 Å². The molecule has 0 N–H and O–H groups in total. The molecule has 7 heteroatoms. The summed E-state index contributed by atoms with van der Waals surface area (Å²) in [6, 6.07) is 20.4. The average molecular weight is 438 g/mol. The Balaban J connectivity index is 1.97. The summed E-state index contributed by atoms with van der Waals surface area (Å²) in [4.78, 5) is 12.1. The van der Waals surface area contributed by atoms with Gasteiger partial charge in [0.2, 0.25) is 0 Å². The van der Waals surface area contributed by atoms with Crippen molar-refractivity contribution in [1.82, 2.24) is 0 Å². The molecular weight excluding hydrogens is 412 g/mol. The predicted molar refractivity (Wildman–Crippen MR) is 119 cm³/mol. The van der Waals surface area contributed by atoms with Crippen LogP contribution >= 0.6 is 0 Å². The van der Waals surface area contributed by atoms with Crippen LogP contribution in [0.3, 0.4) is 0 Å². The maximum Gasteiger partial charge on any atom is 0.337 e. The Labute approximate surface area is 187 Å². The van der Waals surface area contributed by atoms with Crippen LogP contribution in [0.15, 0.2) is 66.7 Å². The molecule has 0 amide bonds. The van der Waals surface area contributed by atoms with Gasteiger partial charge in [0, 0.05) is 31.4 Å². The minimum atomic E-state index is -0.452. The van der Waals surface area contributed by atoms with Gasteiger partial charge in [-0.3, -0.25) is 0 Å². The summed E-state index contributed by atoms with van der Waals surface area (Å²) in [5.74, 6) is 1.22. The van der Waals surface area contributed by atoms with Gasteiger partial charge < -0.3 is 28.4 Å². The second-order valence-electron chi connectivity index (χ2n) is 6.74. The first kappa shape index (κ1) is 23.1. The molecule has 0 fully saturated rings. The minimum Gasteiger partial charge on any atom is -0.489 e. The number of methoxy groups -OCH3 is 3. The van der Waals surface area contributed by atoms with Gasteiger partial charge in [-0.15, -0.1) is 0 Å². The van der Waals surface area contributed by atoms with Crippen LogP contribution in [0.5, 0.6) is 17.2 Å². The van der Waals surface area contributed by atoms with Crippen LogP contribution in [0.1, 0.15) is 15.9 Å². The number of hydrogen-bond donors (Lipinski definition) is 0. The van der Waals surface area contributed by atoms with E-state index in [0.717, 1.165) is 5.56 Å². The maximum absolute atomic E-state index is 12.1. The van der Waals surface area contributed by atoms with Crippen molar-refractivity contribution < 1.29 is 33.2 Å². The summed E-state index contributed by atoms with van der Waals surface area (Å²) in [7, 11) is 4.41. The van der Waals surface area contributed by atoms with Gasteiger partial charge in [0.05, 0.1) is 12.7 Å². The molecule has 0 atom stereocenters. The molecule has 0 aromatic heterocycles. The molecule has 0 bridgehead atoms. The number of ether oxygens (including phenoxy) is 6. The third-order valence-corrected chi connectivity index (χ3v) is 4.56. The number of hydrogen-bond acceptors (Lipinski definition) is 7. The molecule has 3 aromatic rings. The van der Waals surface area contributed by atoms with E-state index >= 15 is 0 Å². The van der Waals surface area contributed by atoms with Crippen molar-refractivity contribution in [3.05, 3.63) is 77.9 Å². The van der Waals surface area contributed by atoms with Crippen LogP contribution in [0.25, 0.3) is 11.1 Å². The van der Waals surface area contributed by atoms with Crippen molar-refractivity contribution in [3.8, 4) is 28.4 Å². The molecule has 0 saturated heterocycles. The quantitative estimate of drug-likeness (QED) is 0.318. The molecule has 168 valence electrons. The first-order valence-corrected chi connectivity index (χ1v) is 9.93. The van der Waals surface area contributed by atoms with E-state index in [1.165, 1.54) is 14.2 Å². The van der Waals surface area contributed by atoms with Crippen LogP contribution in [-0.2, 0) is 20.8 Å². The third-order valence-electron chi connectivity index (χ3n) is 4.56. The van der Waals surface area contributed by atoms with Crippen LogP contribution in [0.4, 0.5) is 0 Å². The van der Waals surface area contributed by atoms with Crippen LogP contribution in [0.2, 0.25) is 0 Å². The lowest BCUT2D eigenvalue weighted by Gasteiger charge is -2.17. The lowest BCUT2D eigenvalue weighted by Crippen LogP contribution is -2.06. The molecule has 3 aromatic carbocycles. The van der Waals surface area contributed by atoms with Gasteiger partial charge in [-0.2, -0.15) is 0 Å². The van der Waals surface area contributed by atoms with E-state index in [9.17, 15) is 4.79 Å². The standard InChI is InChI=1S/C25H26O7/c1-27-16-31-23-12-9-19(25(26)29-3)13-22(23)21-11-10-20(14-24(21)32-17-28-2)30-15-18-7-5-4-6-8-18/h4-14H,15-17H2,1-3H3. The molecule has 0 saturated carbocycles. The van der Waals surface area contributed by atoms with Gasteiger partial charge in [-0.25, -0.2) is 4.79 Å². The summed E-state index contributed by atoms with van der Waals surface area (Å²) in [6.07, 6.45) is 0. The first-order valence-electron chi connectivity index (χ1n) is 9.93.